The molecule has 2 N–H and O–H groups in total. The van der Waals surface area contributed by atoms with Crippen molar-refractivity contribution >= 4 is 23.5 Å². The Hall–Kier alpha value is -2.47. The molecule has 4 nitrogen and oxygen atoms in total. The summed E-state index contributed by atoms with van der Waals surface area (Å²) in [6, 6.07) is 7.72. The molecule has 2 aromatic carbocycles. The van der Waals surface area contributed by atoms with E-state index in [0.717, 1.165) is 12.1 Å². The van der Waals surface area contributed by atoms with Crippen LogP contribution in [-0.2, 0) is 11.2 Å². The van der Waals surface area contributed by atoms with Gasteiger partial charge < -0.3 is 10.4 Å². The molecule has 0 aliphatic heterocycles. The van der Waals surface area contributed by atoms with E-state index in [1.165, 1.54) is 0 Å². The number of carbonyl (C=O) groups excluding carboxylic acids is 1. The standard InChI is InChI=1S/C16H12ClF2NO3/c17-12-4-2-1-3-9(12)7-14(16(22)23)20-15(21)11-6-5-10(18)8-13(11)19/h1-6,8,14H,7H2,(H,20,21)(H,22,23)/t14-/m1/s1. The molecule has 7 heteroatoms. The number of rotatable bonds is 5. The zero-order valence-corrected chi connectivity index (χ0v) is 12.5. The minimum absolute atomic E-state index is 0.0659. The fourth-order valence-electron chi connectivity index (χ4n) is 1.99. The Labute approximate surface area is 135 Å². The molecule has 0 heterocycles. The van der Waals surface area contributed by atoms with Gasteiger partial charge in [-0.3, -0.25) is 4.79 Å². The predicted octanol–water partition coefficient (Wildman–Crippen LogP) is 3.04. The number of amides is 1. The quantitative estimate of drug-likeness (QED) is 0.880. The summed E-state index contributed by atoms with van der Waals surface area (Å²) >= 11 is 5.96. The van der Waals surface area contributed by atoms with E-state index in [2.05, 4.69) is 5.32 Å². The van der Waals surface area contributed by atoms with Crippen molar-refractivity contribution in [3.63, 3.8) is 0 Å². The first-order valence-corrected chi connectivity index (χ1v) is 6.98. The molecule has 0 saturated heterocycles. The van der Waals surface area contributed by atoms with Crippen LogP contribution in [0.4, 0.5) is 8.78 Å². The summed E-state index contributed by atoms with van der Waals surface area (Å²) in [6.45, 7) is 0. The number of aliphatic carboxylic acids is 1. The first-order valence-electron chi connectivity index (χ1n) is 6.60. The lowest BCUT2D eigenvalue weighted by molar-refractivity contribution is -0.139. The summed E-state index contributed by atoms with van der Waals surface area (Å²) in [7, 11) is 0. The third-order valence-corrected chi connectivity index (χ3v) is 3.53. The largest absolute Gasteiger partial charge is 0.480 e. The van der Waals surface area contributed by atoms with Crippen molar-refractivity contribution in [2.24, 2.45) is 0 Å². The van der Waals surface area contributed by atoms with Crippen LogP contribution >= 0.6 is 11.6 Å². The first-order chi connectivity index (χ1) is 10.9. The van der Waals surface area contributed by atoms with Gasteiger partial charge in [-0.2, -0.15) is 0 Å². The summed E-state index contributed by atoms with van der Waals surface area (Å²) in [4.78, 5) is 23.3. The Bertz CT molecular complexity index is 752. The SMILES string of the molecule is O=C(N[C@H](Cc1ccccc1Cl)C(=O)O)c1ccc(F)cc1F. The van der Waals surface area contributed by atoms with Crippen molar-refractivity contribution in [2.75, 3.05) is 0 Å². The van der Waals surface area contributed by atoms with Crippen LogP contribution in [0.3, 0.4) is 0 Å². The third kappa shape index (κ3) is 4.26. The van der Waals surface area contributed by atoms with Gasteiger partial charge in [0, 0.05) is 17.5 Å². The van der Waals surface area contributed by atoms with Crippen LogP contribution in [-0.4, -0.2) is 23.0 Å². The fraction of sp³-hybridized carbons (Fsp3) is 0.125. The van der Waals surface area contributed by atoms with E-state index in [4.69, 9.17) is 11.6 Å². The van der Waals surface area contributed by atoms with Crippen LogP contribution in [0.2, 0.25) is 5.02 Å². The van der Waals surface area contributed by atoms with Crippen LogP contribution in [0, 0.1) is 11.6 Å². The monoisotopic (exact) mass is 339 g/mol. The summed E-state index contributed by atoms with van der Waals surface area (Å²) < 4.78 is 26.4. The Kier molecular flexibility index (Phi) is 5.28. The number of hydrogen-bond acceptors (Lipinski definition) is 2. The highest BCUT2D eigenvalue weighted by atomic mass is 35.5. The van der Waals surface area contributed by atoms with Gasteiger partial charge in [-0.25, -0.2) is 13.6 Å². The second kappa shape index (κ2) is 7.19. The summed E-state index contributed by atoms with van der Waals surface area (Å²) in [5, 5.41) is 11.8. The maximum atomic E-state index is 13.6. The first kappa shape index (κ1) is 16.9. The van der Waals surface area contributed by atoms with Gasteiger partial charge in [0.05, 0.1) is 5.56 Å². The lowest BCUT2D eigenvalue weighted by Crippen LogP contribution is -2.42. The van der Waals surface area contributed by atoms with Gasteiger partial charge in [0.2, 0.25) is 0 Å². The van der Waals surface area contributed by atoms with Crippen LogP contribution in [0.25, 0.3) is 0 Å². The molecule has 0 fully saturated rings. The Morgan fingerprint density at radius 2 is 1.87 bits per heavy atom. The molecule has 0 aliphatic rings. The van der Waals surface area contributed by atoms with E-state index >= 15 is 0 Å². The second-order valence-corrected chi connectivity index (χ2v) is 5.19. The normalized spacial score (nSPS) is 11.8. The van der Waals surface area contributed by atoms with Crippen molar-refractivity contribution < 1.29 is 23.5 Å². The van der Waals surface area contributed by atoms with Gasteiger partial charge in [-0.1, -0.05) is 29.8 Å². The molecule has 2 rings (SSSR count). The number of nitrogens with one attached hydrogen (secondary N) is 1. The second-order valence-electron chi connectivity index (χ2n) is 4.78. The number of halogens is 3. The lowest BCUT2D eigenvalue weighted by atomic mass is 10.1. The van der Waals surface area contributed by atoms with Crippen molar-refractivity contribution in [1.29, 1.82) is 0 Å². The zero-order chi connectivity index (χ0) is 17.0. The molecule has 1 atom stereocenters. The van der Waals surface area contributed by atoms with Gasteiger partial charge in [-0.05, 0) is 23.8 Å². The van der Waals surface area contributed by atoms with Crippen LogP contribution < -0.4 is 5.32 Å². The Morgan fingerprint density at radius 3 is 2.48 bits per heavy atom. The van der Waals surface area contributed by atoms with E-state index in [1.54, 1.807) is 24.3 Å². The predicted molar refractivity (Wildman–Crippen MR) is 80.4 cm³/mol. The van der Waals surface area contributed by atoms with Crippen molar-refractivity contribution in [1.82, 2.24) is 5.32 Å². The van der Waals surface area contributed by atoms with Gasteiger partial charge in [0.25, 0.3) is 5.91 Å². The van der Waals surface area contributed by atoms with E-state index in [1.807, 2.05) is 0 Å². The van der Waals surface area contributed by atoms with Gasteiger partial charge in [0.15, 0.2) is 0 Å². The highest BCUT2D eigenvalue weighted by Crippen LogP contribution is 2.17. The Balaban J connectivity index is 2.18. The maximum absolute atomic E-state index is 13.6. The minimum atomic E-state index is -1.30. The number of carboxylic acid groups (broad SMARTS) is 1. The molecule has 0 bridgehead atoms. The fourth-order valence-corrected chi connectivity index (χ4v) is 2.21. The number of carboxylic acids is 1. The van der Waals surface area contributed by atoms with Gasteiger partial charge >= 0.3 is 5.97 Å². The Morgan fingerprint density at radius 1 is 1.17 bits per heavy atom. The van der Waals surface area contributed by atoms with E-state index in [-0.39, 0.29) is 6.42 Å². The molecular weight excluding hydrogens is 328 g/mol. The molecule has 0 spiro atoms. The average Bonchev–Trinajstić information content (AvgIpc) is 2.48. The van der Waals surface area contributed by atoms with Gasteiger partial charge in [0.1, 0.15) is 17.7 Å². The molecule has 120 valence electrons. The van der Waals surface area contributed by atoms with Crippen molar-refractivity contribution in [3.8, 4) is 0 Å². The van der Waals surface area contributed by atoms with Crippen LogP contribution in [0.15, 0.2) is 42.5 Å². The van der Waals surface area contributed by atoms with E-state index in [0.29, 0.717) is 16.7 Å². The molecule has 0 radical (unpaired) electrons. The molecule has 0 saturated carbocycles. The van der Waals surface area contributed by atoms with E-state index in [9.17, 15) is 23.5 Å². The highest BCUT2D eigenvalue weighted by Gasteiger charge is 2.23. The van der Waals surface area contributed by atoms with Crippen molar-refractivity contribution in [2.45, 2.75) is 12.5 Å². The smallest absolute Gasteiger partial charge is 0.326 e. The molecule has 0 aliphatic carbocycles. The minimum Gasteiger partial charge on any atom is -0.480 e. The summed E-state index contributed by atoms with van der Waals surface area (Å²) in [5.74, 6) is -4.13. The zero-order valence-electron chi connectivity index (χ0n) is 11.7. The molecule has 23 heavy (non-hydrogen) atoms. The molecule has 2 aromatic rings. The summed E-state index contributed by atoms with van der Waals surface area (Å²) in [5.41, 5.74) is 0.0956. The number of benzene rings is 2. The van der Waals surface area contributed by atoms with Crippen molar-refractivity contribution in [3.05, 3.63) is 70.2 Å². The highest BCUT2D eigenvalue weighted by molar-refractivity contribution is 6.31. The third-order valence-electron chi connectivity index (χ3n) is 3.16. The lowest BCUT2D eigenvalue weighted by Gasteiger charge is -2.15. The molecular formula is C16H12ClF2NO3. The topological polar surface area (TPSA) is 66.4 Å². The van der Waals surface area contributed by atoms with Gasteiger partial charge in [-0.15, -0.1) is 0 Å². The van der Waals surface area contributed by atoms with Crippen LogP contribution in [0.5, 0.6) is 0 Å². The average molecular weight is 340 g/mol. The maximum Gasteiger partial charge on any atom is 0.326 e. The molecule has 0 aromatic heterocycles. The number of carbonyl (C=O) groups is 2. The van der Waals surface area contributed by atoms with Crippen LogP contribution in [0.1, 0.15) is 15.9 Å². The van der Waals surface area contributed by atoms with E-state index < -0.39 is 35.1 Å². The molecule has 0 unspecified atom stereocenters. The molecule has 1 amide bonds. The number of hydrogen-bond donors (Lipinski definition) is 2. The summed E-state index contributed by atoms with van der Waals surface area (Å²) in [6.07, 6.45) is -0.0659.